The van der Waals surface area contributed by atoms with E-state index in [1.807, 2.05) is 30.3 Å². The molecule has 1 aromatic rings. The zero-order chi connectivity index (χ0) is 10.6. The van der Waals surface area contributed by atoms with E-state index >= 15 is 0 Å². The Kier molecular flexibility index (Phi) is 3.36. The van der Waals surface area contributed by atoms with Gasteiger partial charge in [0.25, 0.3) is 6.43 Å². The first-order valence-electron chi connectivity index (χ1n) is 4.34. The summed E-state index contributed by atoms with van der Waals surface area (Å²) in [6, 6.07) is 9.22. The summed E-state index contributed by atoms with van der Waals surface area (Å²) in [4.78, 5) is 0. The van der Waals surface area contributed by atoms with Gasteiger partial charge in [0, 0.05) is 0 Å². The Labute approximate surface area is 82.2 Å². The molecule has 76 valence electrons. The van der Waals surface area contributed by atoms with E-state index in [4.69, 9.17) is 5.73 Å². The molecular formula is C11H13F2N. The van der Waals surface area contributed by atoms with Crippen LogP contribution < -0.4 is 5.73 Å². The van der Waals surface area contributed by atoms with Crippen LogP contribution in [0.15, 0.2) is 36.4 Å². The van der Waals surface area contributed by atoms with Gasteiger partial charge in [-0.05, 0) is 12.5 Å². The van der Waals surface area contributed by atoms with Crippen molar-refractivity contribution in [3.05, 3.63) is 42.0 Å². The highest BCUT2D eigenvalue weighted by Crippen LogP contribution is 2.15. The van der Waals surface area contributed by atoms with E-state index in [0.717, 1.165) is 5.56 Å². The van der Waals surface area contributed by atoms with Gasteiger partial charge >= 0.3 is 0 Å². The summed E-state index contributed by atoms with van der Waals surface area (Å²) in [7, 11) is 0. The number of halogens is 2. The number of hydrogen-bond acceptors (Lipinski definition) is 1. The minimum Gasteiger partial charge on any atom is -0.317 e. The molecule has 0 aliphatic rings. The zero-order valence-corrected chi connectivity index (χ0v) is 7.95. The zero-order valence-electron chi connectivity index (χ0n) is 7.95. The van der Waals surface area contributed by atoms with Gasteiger partial charge in [-0.3, -0.25) is 0 Å². The molecule has 0 saturated heterocycles. The average Bonchev–Trinajstić information content (AvgIpc) is 2.16. The highest BCUT2D eigenvalue weighted by Gasteiger charge is 2.26. The molecule has 0 radical (unpaired) electrons. The van der Waals surface area contributed by atoms with Crippen LogP contribution in [0.1, 0.15) is 12.5 Å². The largest absolute Gasteiger partial charge is 0.317 e. The van der Waals surface area contributed by atoms with Crippen LogP contribution in [0.5, 0.6) is 0 Å². The van der Waals surface area contributed by atoms with Gasteiger partial charge in [0.15, 0.2) is 0 Å². The molecule has 0 aliphatic heterocycles. The van der Waals surface area contributed by atoms with Crippen molar-refractivity contribution in [1.29, 1.82) is 0 Å². The van der Waals surface area contributed by atoms with E-state index in [1.54, 1.807) is 6.08 Å². The van der Waals surface area contributed by atoms with Crippen LogP contribution in [0.2, 0.25) is 0 Å². The standard InChI is InChI=1S/C11H13F2N/c1-11(14,10(12)13)8-7-9-5-3-2-4-6-9/h2-8,10H,14H2,1H3/b8-7+. The monoisotopic (exact) mass is 197 g/mol. The smallest absolute Gasteiger partial charge is 0.259 e. The van der Waals surface area contributed by atoms with Crippen molar-refractivity contribution in [1.82, 2.24) is 0 Å². The van der Waals surface area contributed by atoms with E-state index in [-0.39, 0.29) is 0 Å². The number of alkyl halides is 2. The second-order valence-corrected chi connectivity index (χ2v) is 3.41. The normalized spacial score (nSPS) is 16.1. The molecule has 0 aliphatic carbocycles. The molecule has 0 bridgehead atoms. The molecule has 0 spiro atoms. The summed E-state index contributed by atoms with van der Waals surface area (Å²) in [6.07, 6.45) is 0.376. The summed E-state index contributed by atoms with van der Waals surface area (Å²) >= 11 is 0. The highest BCUT2D eigenvalue weighted by molar-refractivity contribution is 5.50. The van der Waals surface area contributed by atoms with Crippen LogP contribution in [0.4, 0.5) is 8.78 Å². The van der Waals surface area contributed by atoms with Crippen molar-refractivity contribution in [3.8, 4) is 0 Å². The molecule has 1 unspecified atom stereocenters. The molecule has 0 saturated carbocycles. The van der Waals surface area contributed by atoms with Crippen molar-refractivity contribution in [2.45, 2.75) is 18.9 Å². The lowest BCUT2D eigenvalue weighted by molar-refractivity contribution is 0.0889. The third-order valence-corrected chi connectivity index (χ3v) is 1.90. The summed E-state index contributed by atoms with van der Waals surface area (Å²) in [5.41, 5.74) is 4.68. The molecule has 0 amide bonds. The maximum absolute atomic E-state index is 12.3. The summed E-state index contributed by atoms with van der Waals surface area (Å²) < 4.78 is 24.7. The van der Waals surface area contributed by atoms with Gasteiger partial charge in [-0.25, -0.2) is 8.78 Å². The number of hydrogen-bond donors (Lipinski definition) is 1. The Hall–Kier alpha value is -1.22. The number of rotatable bonds is 3. The Morgan fingerprint density at radius 1 is 1.29 bits per heavy atom. The van der Waals surface area contributed by atoms with Gasteiger partial charge in [0.1, 0.15) is 0 Å². The lowest BCUT2D eigenvalue weighted by atomic mass is 10.0. The topological polar surface area (TPSA) is 26.0 Å². The lowest BCUT2D eigenvalue weighted by Crippen LogP contribution is -2.41. The molecule has 1 nitrogen and oxygen atoms in total. The van der Waals surface area contributed by atoms with Crippen molar-refractivity contribution < 1.29 is 8.78 Å². The van der Waals surface area contributed by atoms with Crippen molar-refractivity contribution in [3.63, 3.8) is 0 Å². The van der Waals surface area contributed by atoms with Crippen LogP contribution in [-0.4, -0.2) is 12.0 Å². The van der Waals surface area contributed by atoms with Crippen LogP contribution in [0, 0.1) is 0 Å². The van der Waals surface area contributed by atoms with Gasteiger partial charge in [-0.2, -0.15) is 0 Å². The van der Waals surface area contributed by atoms with Gasteiger partial charge in [0.05, 0.1) is 5.54 Å². The summed E-state index contributed by atoms with van der Waals surface area (Å²) in [5, 5.41) is 0. The Bertz CT molecular complexity index is 304. The van der Waals surface area contributed by atoms with Crippen molar-refractivity contribution >= 4 is 6.08 Å². The maximum Gasteiger partial charge on any atom is 0.259 e. The Morgan fingerprint density at radius 3 is 2.36 bits per heavy atom. The minimum absolute atomic E-state index is 0.866. The van der Waals surface area contributed by atoms with E-state index in [9.17, 15) is 8.78 Å². The third kappa shape index (κ3) is 2.92. The molecule has 0 aromatic heterocycles. The molecule has 1 aromatic carbocycles. The van der Waals surface area contributed by atoms with Gasteiger partial charge < -0.3 is 5.73 Å². The van der Waals surface area contributed by atoms with Crippen molar-refractivity contribution in [2.75, 3.05) is 0 Å². The first-order valence-corrected chi connectivity index (χ1v) is 4.34. The molecule has 0 heterocycles. The summed E-state index contributed by atoms with van der Waals surface area (Å²) in [5.74, 6) is 0. The predicted molar refractivity (Wildman–Crippen MR) is 54.1 cm³/mol. The van der Waals surface area contributed by atoms with Crippen molar-refractivity contribution in [2.24, 2.45) is 5.73 Å². The number of nitrogens with two attached hydrogens (primary N) is 1. The second-order valence-electron chi connectivity index (χ2n) is 3.41. The fraction of sp³-hybridized carbons (Fsp3) is 0.273. The second kappa shape index (κ2) is 4.33. The van der Waals surface area contributed by atoms with Crippen LogP contribution >= 0.6 is 0 Å². The molecule has 2 N–H and O–H groups in total. The molecule has 1 atom stereocenters. The Morgan fingerprint density at radius 2 is 1.86 bits per heavy atom. The van der Waals surface area contributed by atoms with E-state index < -0.39 is 12.0 Å². The molecule has 1 rings (SSSR count). The van der Waals surface area contributed by atoms with E-state index in [0.29, 0.717) is 0 Å². The molecule has 0 fully saturated rings. The SMILES string of the molecule is CC(N)(/C=C/c1ccccc1)C(F)F. The van der Waals surface area contributed by atoms with Gasteiger partial charge in [-0.1, -0.05) is 42.5 Å². The predicted octanol–water partition coefficient (Wildman–Crippen LogP) is 2.68. The number of benzene rings is 1. The quantitative estimate of drug-likeness (QED) is 0.792. The third-order valence-electron chi connectivity index (χ3n) is 1.90. The average molecular weight is 197 g/mol. The highest BCUT2D eigenvalue weighted by atomic mass is 19.3. The fourth-order valence-electron chi connectivity index (χ4n) is 0.913. The molecule has 14 heavy (non-hydrogen) atoms. The molecule has 3 heteroatoms. The van der Waals surface area contributed by atoms with E-state index in [1.165, 1.54) is 13.0 Å². The van der Waals surface area contributed by atoms with Gasteiger partial charge in [-0.15, -0.1) is 0 Å². The summed E-state index contributed by atoms with van der Waals surface area (Å²) in [6.45, 7) is 1.30. The Balaban J connectivity index is 2.74. The van der Waals surface area contributed by atoms with Crippen LogP contribution in [0.3, 0.4) is 0 Å². The van der Waals surface area contributed by atoms with Gasteiger partial charge in [0.2, 0.25) is 0 Å². The fourth-order valence-corrected chi connectivity index (χ4v) is 0.913. The van der Waals surface area contributed by atoms with Crippen LogP contribution in [-0.2, 0) is 0 Å². The lowest BCUT2D eigenvalue weighted by Gasteiger charge is -2.18. The van der Waals surface area contributed by atoms with Crippen LogP contribution in [0.25, 0.3) is 6.08 Å². The maximum atomic E-state index is 12.3. The first kappa shape index (κ1) is 10.9. The minimum atomic E-state index is -2.55. The molecular weight excluding hydrogens is 184 g/mol. The first-order chi connectivity index (χ1) is 6.52. The van der Waals surface area contributed by atoms with E-state index in [2.05, 4.69) is 0 Å².